The van der Waals surface area contributed by atoms with Gasteiger partial charge in [-0.15, -0.1) is 0 Å². The minimum absolute atomic E-state index is 0.0215. The van der Waals surface area contributed by atoms with Gasteiger partial charge in [-0.05, 0) is 19.9 Å². The molecule has 0 bridgehead atoms. The van der Waals surface area contributed by atoms with Crippen LogP contribution in [0.25, 0.3) is 16.8 Å². The molecule has 148 valence electrons. The summed E-state index contributed by atoms with van der Waals surface area (Å²) < 4.78 is 40.1. The molecule has 0 radical (unpaired) electrons. The number of carbonyl (C=O) groups is 1. The summed E-state index contributed by atoms with van der Waals surface area (Å²) in [6.07, 6.45) is 1.59. The van der Waals surface area contributed by atoms with Gasteiger partial charge in [-0.25, -0.2) is 8.78 Å². The van der Waals surface area contributed by atoms with E-state index in [-0.39, 0.29) is 45.1 Å². The van der Waals surface area contributed by atoms with Gasteiger partial charge in [0.1, 0.15) is 6.67 Å². The van der Waals surface area contributed by atoms with Crippen LogP contribution in [0.3, 0.4) is 0 Å². The van der Waals surface area contributed by atoms with Crippen molar-refractivity contribution in [1.82, 2.24) is 9.72 Å². The van der Waals surface area contributed by atoms with Crippen LogP contribution in [0.5, 0.6) is 0 Å². The van der Waals surface area contributed by atoms with Gasteiger partial charge in [-0.3, -0.25) is 14.2 Å². The van der Waals surface area contributed by atoms with Crippen LogP contribution < -0.4 is 9.77 Å². The van der Waals surface area contributed by atoms with Crippen LogP contribution in [0.1, 0.15) is 29.1 Å². The maximum atomic E-state index is 15.3. The first-order chi connectivity index (χ1) is 13.4. The number of hydrogen-bond donors (Lipinski definition) is 0. The number of morpholine rings is 1. The van der Waals surface area contributed by atoms with Crippen molar-refractivity contribution in [3.8, 4) is 5.82 Å². The quantitative estimate of drug-likeness (QED) is 0.617. The number of thiazole rings is 1. The molecule has 0 unspecified atom stereocenters. The second kappa shape index (κ2) is 7.10. The van der Waals surface area contributed by atoms with Crippen LogP contribution in [0, 0.1) is 5.82 Å². The number of carbonyl (C=O) groups excluding carboxylic acids is 1. The number of hydrogen-bond acceptors (Lipinski definition) is 7. The summed E-state index contributed by atoms with van der Waals surface area (Å²) in [6.45, 7) is 3.78. The average molecular weight is 409 g/mol. The summed E-state index contributed by atoms with van der Waals surface area (Å²) in [5, 5.41) is 3.97. The molecule has 3 aromatic rings. The lowest BCUT2D eigenvalue weighted by molar-refractivity contribution is -0.00543. The monoisotopic (exact) mass is 409 g/mol. The Balaban J connectivity index is 1.89. The third-order valence-electron chi connectivity index (χ3n) is 4.60. The number of fused-ring (bicyclic) bond motifs is 1. The number of benzene rings is 1. The van der Waals surface area contributed by atoms with Crippen LogP contribution in [-0.4, -0.2) is 41.3 Å². The number of aldehydes is 1. The van der Waals surface area contributed by atoms with Gasteiger partial charge >= 0.3 is 4.87 Å². The Morgan fingerprint density at radius 3 is 2.68 bits per heavy atom. The van der Waals surface area contributed by atoms with E-state index in [4.69, 9.17) is 9.26 Å². The Kier molecular flexibility index (Phi) is 4.76. The summed E-state index contributed by atoms with van der Waals surface area (Å²) in [7, 11) is 0. The first-order valence-electron chi connectivity index (χ1n) is 8.68. The molecule has 7 nitrogen and oxygen atoms in total. The summed E-state index contributed by atoms with van der Waals surface area (Å²) in [5.41, 5.74) is 0.0707. The molecule has 0 amide bonds. The molecule has 2 atom stereocenters. The van der Waals surface area contributed by atoms with Gasteiger partial charge in [0.25, 0.3) is 0 Å². The fourth-order valence-corrected chi connectivity index (χ4v) is 4.25. The fourth-order valence-electron chi connectivity index (χ4n) is 3.57. The van der Waals surface area contributed by atoms with Crippen molar-refractivity contribution in [1.29, 1.82) is 0 Å². The second-order valence-corrected chi connectivity index (χ2v) is 7.84. The maximum Gasteiger partial charge on any atom is 0.313 e. The van der Waals surface area contributed by atoms with E-state index in [2.05, 4.69) is 5.16 Å². The minimum atomic E-state index is -0.797. The Morgan fingerprint density at radius 1 is 1.36 bits per heavy atom. The summed E-state index contributed by atoms with van der Waals surface area (Å²) in [6, 6.07) is 1.44. The molecule has 0 saturated carbocycles. The van der Waals surface area contributed by atoms with E-state index in [1.165, 1.54) is 12.3 Å². The SMILES string of the molecule is C[C@@H]1CN(c2c(C=O)cc3c(-n4cc(CF)sc4=O)noc3c2F)C[C@@H](C)O1. The normalized spacial score (nSPS) is 20.1. The average Bonchev–Trinajstić information content (AvgIpc) is 3.23. The van der Waals surface area contributed by atoms with E-state index >= 15 is 4.39 Å². The zero-order chi connectivity index (χ0) is 20.0. The number of ether oxygens (including phenoxy) is 1. The van der Waals surface area contributed by atoms with E-state index in [1.807, 2.05) is 13.8 Å². The predicted molar refractivity (Wildman–Crippen MR) is 99.9 cm³/mol. The zero-order valence-electron chi connectivity index (χ0n) is 15.1. The van der Waals surface area contributed by atoms with Crippen molar-refractivity contribution in [3.05, 3.63) is 38.2 Å². The summed E-state index contributed by atoms with van der Waals surface area (Å²) >= 11 is 0.727. The first-order valence-corrected chi connectivity index (χ1v) is 9.49. The third-order valence-corrected chi connectivity index (χ3v) is 5.45. The molecular weight excluding hydrogens is 392 g/mol. The van der Waals surface area contributed by atoms with Gasteiger partial charge in [0.2, 0.25) is 5.58 Å². The van der Waals surface area contributed by atoms with Gasteiger partial charge < -0.3 is 14.2 Å². The van der Waals surface area contributed by atoms with Crippen LogP contribution in [-0.2, 0) is 11.4 Å². The lowest BCUT2D eigenvalue weighted by atomic mass is 10.1. The van der Waals surface area contributed by atoms with E-state index in [1.54, 1.807) is 4.90 Å². The Morgan fingerprint density at radius 2 is 2.07 bits per heavy atom. The summed E-state index contributed by atoms with van der Waals surface area (Å²) in [4.78, 5) is 25.3. The number of aromatic nitrogens is 2. The van der Waals surface area contributed by atoms with E-state index < -0.39 is 17.4 Å². The van der Waals surface area contributed by atoms with Crippen molar-refractivity contribution >= 4 is 34.3 Å². The smallest absolute Gasteiger partial charge is 0.313 e. The number of nitrogens with zero attached hydrogens (tertiary/aromatic N) is 3. The lowest BCUT2D eigenvalue weighted by Gasteiger charge is -2.37. The molecule has 28 heavy (non-hydrogen) atoms. The van der Waals surface area contributed by atoms with Crippen molar-refractivity contribution < 1.29 is 22.8 Å². The van der Waals surface area contributed by atoms with Gasteiger partial charge in [0, 0.05) is 24.8 Å². The van der Waals surface area contributed by atoms with Crippen molar-refractivity contribution in [2.24, 2.45) is 0 Å². The predicted octanol–water partition coefficient (Wildman–Crippen LogP) is 3.07. The molecule has 1 fully saturated rings. The molecule has 1 aliphatic heterocycles. The number of anilines is 1. The highest BCUT2D eigenvalue weighted by Gasteiger charge is 2.29. The molecule has 0 N–H and O–H groups in total. The standard InChI is InChI=1S/C18H17F2N3O4S/c1-9-5-22(6-10(2)26-9)15-11(8-24)3-13-16(14(15)20)27-21-17(13)23-7-12(4-19)28-18(23)25/h3,7-10H,4-6H2,1-2H3/t9-,10-/m1/s1. The molecule has 1 aromatic carbocycles. The van der Waals surface area contributed by atoms with Gasteiger partial charge in [-0.1, -0.05) is 16.5 Å². The number of halogens is 2. The summed E-state index contributed by atoms with van der Waals surface area (Å²) in [5.74, 6) is -0.707. The zero-order valence-corrected chi connectivity index (χ0v) is 16.0. The highest BCUT2D eigenvalue weighted by molar-refractivity contribution is 7.09. The molecule has 10 heteroatoms. The highest BCUT2D eigenvalue weighted by Crippen LogP contribution is 2.35. The first kappa shape index (κ1) is 18.8. The van der Waals surface area contributed by atoms with Crippen LogP contribution in [0.4, 0.5) is 14.5 Å². The van der Waals surface area contributed by atoms with Crippen LogP contribution >= 0.6 is 11.3 Å². The maximum absolute atomic E-state index is 15.3. The Hall–Kier alpha value is -2.59. The lowest BCUT2D eigenvalue weighted by Crippen LogP contribution is -2.46. The number of rotatable bonds is 4. The van der Waals surface area contributed by atoms with Gasteiger partial charge in [0.15, 0.2) is 17.9 Å². The Bertz CT molecular complexity index is 1100. The molecule has 3 heterocycles. The molecule has 0 spiro atoms. The molecule has 0 aliphatic carbocycles. The second-order valence-electron chi connectivity index (χ2n) is 6.76. The molecule has 2 aromatic heterocycles. The largest absolute Gasteiger partial charge is 0.372 e. The minimum Gasteiger partial charge on any atom is -0.372 e. The molecular formula is C18H17F2N3O4S. The Labute approximate surface area is 162 Å². The van der Waals surface area contributed by atoms with Crippen molar-refractivity contribution in [2.45, 2.75) is 32.7 Å². The van der Waals surface area contributed by atoms with Gasteiger partial charge in [-0.2, -0.15) is 0 Å². The van der Waals surface area contributed by atoms with E-state index in [0.29, 0.717) is 19.4 Å². The van der Waals surface area contributed by atoms with Crippen LogP contribution in [0.15, 0.2) is 21.6 Å². The highest BCUT2D eigenvalue weighted by atomic mass is 32.1. The molecule has 4 rings (SSSR count). The molecule has 1 saturated heterocycles. The topological polar surface area (TPSA) is 77.6 Å². The fraction of sp³-hybridized carbons (Fsp3) is 0.389. The van der Waals surface area contributed by atoms with Crippen LogP contribution in [0.2, 0.25) is 0 Å². The van der Waals surface area contributed by atoms with Crippen molar-refractivity contribution in [3.63, 3.8) is 0 Å². The van der Waals surface area contributed by atoms with E-state index in [0.717, 1.165) is 15.9 Å². The van der Waals surface area contributed by atoms with Crippen molar-refractivity contribution in [2.75, 3.05) is 18.0 Å². The van der Waals surface area contributed by atoms with E-state index in [9.17, 15) is 14.0 Å². The van der Waals surface area contributed by atoms with Gasteiger partial charge in [0.05, 0.1) is 28.2 Å². The number of alkyl halides is 1. The third kappa shape index (κ3) is 3.02. The molecule has 1 aliphatic rings.